The molecule has 42 heavy (non-hydrogen) atoms. The Morgan fingerprint density at radius 2 is 2.07 bits per heavy atom. The third-order valence-corrected chi connectivity index (χ3v) is 7.80. The number of carbonyl (C=O) groups is 1. The first kappa shape index (κ1) is 29.4. The summed E-state index contributed by atoms with van der Waals surface area (Å²) in [4.78, 5) is 20.7. The summed E-state index contributed by atoms with van der Waals surface area (Å²) in [5.41, 5.74) is 3.36. The van der Waals surface area contributed by atoms with Crippen molar-refractivity contribution in [3.05, 3.63) is 54.2 Å². The van der Waals surface area contributed by atoms with Gasteiger partial charge < -0.3 is 25.4 Å². The summed E-state index contributed by atoms with van der Waals surface area (Å²) in [6, 6.07) is 8.09. The van der Waals surface area contributed by atoms with Crippen LogP contribution in [0.2, 0.25) is 0 Å². The third kappa shape index (κ3) is 7.04. The van der Waals surface area contributed by atoms with Gasteiger partial charge in [0.1, 0.15) is 11.9 Å². The average molecular weight is 579 g/mol. The maximum absolute atomic E-state index is 14.4. The maximum Gasteiger partial charge on any atom is 0.322 e. The van der Waals surface area contributed by atoms with Gasteiger partial charge >= 0.3 is 6.01 Å². The third-order valence-electron chi connectivity index (χ3n) is 7.80. The van der Waals surface area contributed by atoms with Crippen molar-refractivity contribution in [1.29, 1.82) is 5.41 Å². The zero-order chi connectivity index (χ0) is 29.6. The lowest BCUT2D eigenvalue weighted by molar-refractivity contribution is -0.117. The molecule has 0 spiro atoms. The minimum Gasteiger partial charge on any atom is -0.457 e. The molecule has 2 aliphatic rings. The molecular weight excluding hydrogens is 539 g/mol. The van der Waals surface area contributed by atoms with Crippen LogP contribution < -0.4 is 20.7 Å². The summed E-state index contributed by atoms with van der Waals surface area (Å²) in [5.74, 6) is 1.06. The van der Waals surface area contributed by atoms with Crippen LogP contribution >= 0.6 is 0 Å². The molecule has 0 radical (unpaired) electrons. The van der Waals surface area contributed by atoms with E-state index >= 15 is 0 Å². The van der Waals surface area contributed by atoms with Crippen molar-refractivity contribution in [2.75, 3.05) is 23.8 Å². The minimum absolute atomic E-state index is 0.000994. The number of nitrogens with one attached hydrogen (secondary N) is 4. The van der Waals surface area contributed by atoms with Crippen LogP contribution in [0, 0.1) is 11.3 Å². The molecule has 1 aromatic carbocycles. The van der Waals surface area contributed by atoms with Gasteiger partial charge in [-0.25, -0.2) is 4.39 Å². The number of rotatable bonds is 10. The van der Waals surface area contributed by atoms with Gasteiger partial charge in [0.25, 0.3) is 0 Å². The highest BCUT2D eigenvalue weighted by atomic mass is 19.1. The SMILES string of the molecule is C=CC(=O)N[C@H]1CC[C@@H](C(=N)Nc2cccc(CNc3nc(OC4CCOCC4F)nc4c(C(C)C)cnn34)c2)CC1. The van der Waals surface area contributed by atoms with E-state index in [1.165, 1.54) is 6.08 Å². The Morgan fingerprint density at radius 3 is 2.81 bits per heavy atom. The van der Waals surface area contributed by atoms with Crippen LogP contribution in [0.25, 0.3) is 5.65 Å². The largest absolute Gasteiger partial charge is 0.457 e. The Labute approximate surface area is 244 Å². The van der Waals surface area contributed by atoms with Gasteiger partial charge in [0, 0.05) is 36.2 Å². The molecular formula is C30H39FN8O3. The molecule has 2 aromatic heterocycles. The molecule has 1 aliphatic carbocycles. The Bertz CT molecular complexity index is 1420. The number of amidine groups is 1. The van der Waals surface area contributed by atoms with E-state index in [0.29, 0.717) is 37.0 Å². The molecule has 3 aromatic rings. The molecule has 12 heteroatoms. The first-order valence-corrected chi connectivity index (χ1v) is 14.6. The van der Waals surface area contributed by atoms with E-state index in [1.54, 1.807) is 10.7 Å². The predicted octanol–water partition coefficient (Wildman–Crippen LogP) is 4.62. The van der Waals surface area contributed by atoms with Gasteiger partial charge in [-0.2, -0.15) is 19.6 Å². The van der Waals surface area contributed by atoms with Gasteiger partial charge in [0.05, 0.1) is 19.4 Å². The Morgan fingerprint density at radius 1 is 1.26 bits per heavy atom. The monoisotopic (exact) mass is 578 g/mol. The molecule has 1 saturated carbocycles. The van der Waals surface area contributed by atoms with Crippen molar-refractivity contribution in [3.8, 4) is 6.01 Å². The number of benzene rings is 1. The first-order valence-electron chi connectivity index (χ1n) is 14.6. The maximum atomic E-state index is 14.4. The van der Waals surface area contributed by atoms with Gasteiger partial charge in [-0.1, -0.05) is 32.6 Å². The van der Waals surface area contributed by atoms with Crippen molar-refractivity contribution < 1.29 is 18.7 Å². The summed E-state index contributed by atoms with van der Waals surface area (Å²) in [6.07, 6.45) is 4.93. The molecule has 5 rings (SSSR count). The summed E-state index contributed by atoms with van der Waals surface area (Å²) in [7, 11) is 0. The molecule has 1 amide bonds. The number of aromatic nitrogens is 4. The summed E-state index contributed by atoms with van der Waals surface area (Å²) in [5, 5.41) is 22.7. The molecule has 0 bridgehead atoms. The lowest BCUT2D eigenvalue weighted by Gasteiger charge is -2.29. The number of anilines is 2. The fourth-order valence-corrected chi connectivity index (χ4v) is 5.39. The number of ether oxygens (including phenoxy) is 2. The standard InChI is InChI=1S/C30H39FN8O3/c1-4-26(40)35-21-10-8-20(9-11-21)27(32)36-22-7-5-6-19(14-22)15-33-29-38-30(42-25-12-13-41-17-24(25)31)37-28-23(18(2)3)16-34-39(28)29/h4-7,14,16,18,20-21,24-25H,1,8-13,15,17H2,2-3H3,(H2,32,36)(H,35,40)(H,33,37,38)/t20-,21+,24?,25?. The van der Waals surface area contributed by atoms with Crippen LogP contribution in [0.3, 0.4) is 0 Å². The Hall–Kier alpha value is -4.06. The normalized spacial score (nSPS) is 22.5. The topological polar surface area (TPSA) is 139 Å². The summed E-state index contributed by atoms with van der Waals surface area (Å²) in [6.45, 7) is 8.49. The molecule has 2 unspecified atom stereocenters. The highest BCUT2D eigenvalue weighted by Gasteiger charge is 2.29. The number of hydrogen-bond donors (Lipinski definition) is 4. The number of halogens is 1. The van der Waals surface area contributed by atoms with E-state index < -0.39 is 12.3 Å². The van der Waals surface area contributed by atoms with Crippen molar-refractivity contribution in [2.45, 2.75) is 76.7 Å². The zero-order valence-electron chi connectivity index (χ0n) is 24.1. The molecule has 2 fully saturated rings. The molecule has 3 heterocycles. The lowest BCUT2D eigenvalue weighted by Crippen LogP contribution is -2.38. The number of carbonyl (C=O) groups excluding carboxylic acids is 1. The van der Waals surface area contributed by atoms with E-state index in [1.807, 2.05) is 24.3 Å². The fraction of sp³-hybridized carbons (Fsp3) is 0.500. The number of hydrogen-bond acceptors (Lipinski definition) is 8. The van der Waals surface area contributed by atoms with E-state index in [2.05, 4.69) is 51.4 Å². The lowest BCUT2D eigenvalue weighted by atomic mass is 9.85. The quantitative estimate of drug-likeness (QED) is 0.155. The van der Waals surface area contributed by atoms with Gasteiger partial charge in [-0.15, -0.1) is 0 Å². The average Bonchev–Trinajstić information content (AvgIpc) is 3.42. The van der Waals surface area contributed by atoms with Crippen molar-refractivity contribution in [1.82, 2.24) is 24.9 Å². The summed E-state index contributed by atoms with van der Waals surface area (Å²) < 4.78 is 27.2. The van der Waals surface area contributed by atoms with Crippen LogP contribution in [0.15, 0.2) is 43.1 Å². The van der Waals surface area contributed by atoms with Crippen LogP contribution in [0.1, 0.15) is 63.0 Å². The van der Waals surface area contributed by atoms with Gasteiger partial charge in [0.15, 0.2) is 11.8 Å². The van der Waals surface area contributed by atoms with Gasteiger partial charge in [-0.3, -0.25) is 10.2 Å². The summed E-state index contributed by atoms with van der Waals surface area (Å²) >= 11 is 0. The van der Waals surface area contributed by atoms with E-state index in [0.717, 1.165) is 42.5 Å². The highest BCUT2D eigenvalue weighted by Crippen LogP contribution is 2.27. The smallest absolute Gasteiger partial charge is 0.322 e. The van der Waals surface area contributed by atoms with Crippen LogP contribution in [0.5, 0.6) is 6.01 Å². The second-order valence-corrected chi connectivity index (χ2v) is 11.2. The number of alkyl halides is 1. The van der Waals surface area contributed by atoms with Crippen molar-refractivity contribution in [3.63, 3.8) is 0 Å². The molecule has 224 valence electrons. The van der Waals surface area contributed by atoms with E-state index in [-0.39, 0.29) is 36.4 Å². The Kier molecular flexibility index (Phi) is 9.31. The molecule has 1 aliphatic heterocycles. The van der Waals surface area contributed by atoms with Crippen molar-refractivity contribution in [2.24, 2.45) is 5.92 Å². The van der Waals surface area contributed by atoms with Crippen LogP contribution in [0.4, 0.5) is 16.0 Å². The van der Waals surface area contributed by atoms with Gasteiger partial charge in [0.2, 0.25) is 11.9 Å². The zero-order valence-corrected chi connectivity index (χ0v) is 24.1. The highest BCUT2D eigenvalue weighted by molar-refractivity contribution is 5.95. The number of amides is 1. The number of fused-ring (bicyclic) bond motifs is 1. The molecule has 2 atom stereocenters. The molecule has 1 saturated heterocycles. The van der Waals surface area contributed by atoms with E-state index in [4.69, 9.17) is 14.9 Å². The van der Waals surface area contributed by atoms with Crippen LogP contribution in [-0.4, -0.2) is 62.9 Å². The van der Waals surface area contributed by atoms with E-state index in [9.17, 15) is 9.18 Å². The fourth-order valence-electron chi connectivity index (χ4n) is 5.39. The van der Waals surface area contributed by atoms with Gasteiger partial charge in [-0.05, 0) is 55.4 Å². The van der Waals surface area contributed by atoms with Crippen molar-refractivity contribution >= 4 is 29.0 Å². The number of nitrogens with zero attached hydrogens (tertiary/aromatic N) is 4. The second kappa shape index (κ2) is 13.3. The first-order chi connectivity index (χ1) is 20.3. The predicted molar refractivity (Wildman–Crippen MR) is 159 cm³/mol. The second-order valence-electron chi connectivity index (χ2n) is 11.2. The Balaban J connectivity index is 1.25. The molecule has 11 nitrogen and oxygen atoms in total. The minimum atomic E-state index is -1.24. The molecule has 4 N–H and O–H groups in total. The van der Waals surface area contributed by atoms with Crippen LogP contribution in [-0.2, 0) is 16.1 Å².